The standard InChI is InChI=1S/C18H27BrS/c1-18(2,3)15-9-10-17(19)14(13-15)11-12-20-16-7-5-4-6-8-16/h4-8,14-15,17H,9-13H2,1-3H3. The predicted octanol–water partition coefficient (Wildman–Crippen LogP) is 6.39. The molecular weight excluding hydrogens is 328 g/mol. The molecule has 2 rings (SSSR count). The van der Waals surface area contributed by atoms with Crippen molar-refractivity contribution >= 4 is 27.7 Å². The van der Waals surface area contributed by atoms with E-state index in [-0.39, 0.29) is 0 Å². The van der Waals surface area contributed by atoms with E-state index in [2.05, 4.69) is 67.0 Å². The predicted molar refractivity (Wildman–Crippen MR) is 94.8 cm³/mol. The van der Waals surface area contributed by atoms with E-state index >= 15 is 0 Å². The summed E-state index contributed by atoms with van der Waals surface area (Å²) >= 11 is 5.93. The van der Waals surface area contributed by atoms with E-state index in [1.165, 1.54) is 36.3 Å². The molecule has 3 unspecified atom stereocenters. The third-order valence-electron chi connectivity index (χ3n) is 4.61. The Morgan fingerprint density at radius 3 is 2.50 bits per heavy atom. The van der Waals surface area contributed by atoms with E-state index in [9.17, 15) is 0 Å². The van der Waals surface area contributed by atoms with Gasteiger partial charge >= 0.3 is 0 Å². The van der Waals surface area contributed by atoms with E-state index < -0.39 is 0 Å². The molecule has 0 radical (unpaired) electrons. The summed E-state index contributed by atoms with van der Waals surface area (Å²) in [6, 6.07) is 10.8. The van der Waals surface area contributed by atoms with Crippen molar-refractivity contribution in [2.24, 2.45) is 17.3 Å². The van der Waals surface area contributed by atoms with Gasteiger partial charge in [0, 0.05) is 9.72 Å². The first-order chi connectivity index (χ1) is 9.47. The molecule has 0 aromatic heterocycles. The molecule has 0 heterocycles. The molecule has 0 aliphatic heterocycles. The van der Waals surface area contributed by atoms with Crippen LogP contribution in [-0.4, -0.2) is 10.6 Å². The second-order valence-corrected chi connectivity index (χ2v) is 9.45. The highest BCUT2D eigenvalue weighted by atomic mass is 79.9. The van der Waals surface area contributed by atoms with Crippen LogP contribution in [0.1, 0.15) is 46.5 Å². The number of benzene rings is 1. The molecule has 1 aliphatic rings. The lowest BCUT2D eigenvalue weighted by atomic mass is 9.68. The van der Waals surface area contributed by atoms with Gasteiger partial charge < -0.3 is 0 Å². The average Bonchev–Trinajstić information content (AvgIpc) is 2.41. The number of rotatable bonds is 4. The summed E-state index contributed by atoms with van der Waals surface area (Å²) in [6.45, 7) is 7.21. The van der Waals surface area contributed by atoms with Crippen LogP contribution in [0.15, 0.2) is 35.2 Å². The molecular formula is C18H27BrS. The lowest BCUT2D eigenvalue weighted by Gasteiger charge is -2.40. The quantitative estimate of drug-likeness (QED) is 0.445. The zero-order valence-corrected chi connectivity index (χ0v) is 15.3. The van der Waals surface area contributed by atoms with Crippen molar-refractivity contribution in [3.63, 3.8) is 0 Å². The number of hydrogen-bond acceptors (Lipinski definition) is 1. The van der Waals surface area contributed by atoms with Gasteiger partial charge in [-0.2, -0.15) is 0 Å². The molecule has 20 heavy (non-hydrogen) atoms. The van der Waals surface area contributed by atoms with E-state index in [1.807, 2.05) is 11.8 Å². The Kier molecular flexibility index (Phi) is 6.04. The third kappa shape index (κ3) is 4.80. The molecule has 1 aromatic carbocycles. The minimum atomic E-state index is 0.470. The Morgan fingerprint density at radius 1 is 1.15 bits per heavy atom. The number of hydrogen-bond donors (Lipinski definition) is 0. The summed E-state index contributed by atoms with van der Waals surface area (Å²) < 4.78 is 0. The molecule has 0 spiro atoms. The lowest BCUT2D eigenvalue weighted by molar-refractivity contribution is 0.145. The van der Waals surface area contributed by atoms with Gasteiger partial charge in [-0.25, -0.2) is 0 Å². The largest absolute Gasteiger partial charge is 0.126 e. The molecule has 3 atom stereocenters. The molecule has 2 heteroatoms. The smallest absolute Gasteiger partial charge is 0.0174 e. The van der Waals surface area contributed by atoms with Crippen LogP contribution in [0.5, 0.6) is 0 Å². The van der Waals surface area contributed by atoms with Crippen LogP contribution >= 0.6 is 27.7 Å². The van der Waals surface area contributed by atoms with Gasteiger partial charge in [-0.3, -0.25) is 0 Å². The van der Waals surface area contributed by atoms with Crippen LogP contribution in [0.4, 0.5) is 0 Å². The van der Waals surface area contributed by atoms with Gasteiger partial charge in [-0.15, -0.1) is 11.8 Å². The van der Waals surface area contributed by atoms with Gasteiger partial charge in [0.25, 0.3) is 0 Å². The summed E-state index contributed by atoms with van der Waals surface area (Å²) in [4.78, 5) is 2.14. The molecule has 1 saturated carbocycles. The minimum Gasteiger partial charge on any atom is -0.126 e. The van der Waals surface area contributed by atoms with E-state index in [0.29, 0.717) is 5.41 Å². The van der Waals surface area contributed by atoms with Gasteiger partial charge in [-0.05, 0) is 60.8 Å². The maximum absolute atomic E-state index is 3.93. The Morgan fingerprint density at radius 2 is 1.85 bits per heavy atom. The van der Waals surface area contributed by atoms with Gasteiger partial charge in [0.1, 0.15) is 0 Å². The number of alkyl halides is 1. The molecule has 0 bridgehead atoms. The molecule has 1 aliphatic carbocycles. The van der Waals surface area contributed by atoms with Crippen LogP contribution in [0, 0.1) is 17.3 Å². The Bertz CT molecular complexity index is 396. The second kappa shape index (κ2) is 7.35. The monoisotopic (exact) mass is 354 g/mol. The number of thioether (sulfide) groups is 1. The summed E-state index contributed by atoms with van der Waals surface area (Å²) in [7, 11) is 0. The highest BCUT2D eigenvalue weighted by Crippen LogP contribution is 2.44. The summed E-state index contributed by atoms with van der Waals surface area (Å²) in [5.74, 6) is 2.99. The first-order valence-electron chi connectivity index (χ1n) is 7.78. The van der Waals surface area contributed by atoms with Crippen LogP contribution in [0.2, 0.25) is 0 Å². The highest BCUT2D eigenvalue weighted by Gasteiger charge is 2.34. The summed E-state index contributed by atoms with van der Waals surface area (Å²) in [6.07, 6.45) is 5.47. The minimum absolute atomic E-state index is 0.470. The molecule has 1 aromatic rings. The van der Waals surface area contributed by atoms with Crippen molar-refractivity contribution < 1.29 is 0 Å². The van der Waals surface area contributed by atoms with E-state index in [4.69, 9.17) is 0 Å². The lowest BCUT2D eigenvalue weighted by Crippen LogP contribution is -2.32. The topological polar surface area (TPSA) is 0 Å². The van der Waals surface area contributed by atoms with E-state index in [1.54, 1.807) is 0 Å². The number of halogens is 1. The molecule has 0 nitrogen and oxygen atoms in total. The third-order valence-corrected chi connectivity index (χ3v) is 6.87. The first kappa shape index (κ1) is 16.4. The van der Waals surface area contributed by atoms with Gasteiger partial charge in [0.15, 0.2) is 0 Å². The Hall–Kier alpha value is 0.0500. The Balaban J connectivity index is 1.81. The summed E-state index contributed by atoms with van der Waals surface area (Å²) in [5.41, 5.74) is 0.470. The van der Waals surface area contributed by atoms with Crippen molar-refractivity contribution in [1.29, 1.82) is 0 Å². The van der Waals surface area contributed by atoms with Crippen molar-refractivity contribution in [1.82, 2.24) is 0 Å². The fourth-order valence-electron chi connectivity index (χ4n) is 3.16. The molecule has 0 N–H and O–H groups in total. The van der Waals surface area contributed by atoms with Crippen molar-refractivity contribution in [2.45, 2.75) is 56.2 Å². The highest BCUT2D eigenvalue weighted by molar-refractivity contribution is 9.09. The zero-order valence-electron chi connectivity index (χ0n) is 12.9. The van der Waals surface area contributed by atoms with Gasteiger partial charge in [0.05, 0.1) is 0 Å². The van der Waals surface area contributed by atoms with Crippen LogP contribution in [0.25, 0.3) is 0 Å². The Labute approximate surface area is 137 Å². The van der Waals surface area contributed by atoms with E-state index in [0.717, 1.165) is 16.7 Å². The van der Waals surface area contributed by atoms with Crippen LogP contribution in [0.3, 0.4) is 0 Å². The van der Waals surface area contributed by atoms with Gasteiger partial charge in [0.2, 0.25) is 0 Å². The zero-order chi connectivity index (χ0) is 14.6. The fraction of sp³-hybridized carbons (Fsp3) is 0.667. The molecule has 0 amide bonds. The fourth-order valence-corrected chi connectivity index (χ4v) is 4.91. The maximum atomic E-state index is 3.93. The van der Waals surface area contributed by atoms with Crippen LogP contribution < -0.4 is 0 Å². The second-order valence-electron chi connectivity index (χ2n) is 7.10. The van der Waals surface area contributed by atoms with Crippen molar-refractivity contribution in [2.75, 3.05) is 5.75 Å². The molecule has 1 fully saturated rings. The SMILES string of the molecule is CC(C)(C)C1CCC(Br)C(CCSc2ccccc2)C1. The van der Waals surface area contributed by atoms with Crippen molar-refractivity contribution in [3.8, 4) is 0 Å². The van der Waals surface area contributed by atoms with Crippen LogP contribution in [-0.2, 0) is 0 Å². The molecule has 0 saturated heterocycles. The normalized spacial score (nSPS) is 27.5. The van der Waals surface area contributed by atoms with Crippen molar-refractivity contribution in [3.05, 3.63) is 30.3 Å². The molecule has 112 valence electrons. The average molecular weight is 355 g/mol. The maximum Gasteiger partial charge on any atom is 0.0174 e. The first-order valence-corrected chi connectivity index (χ1v) is 9.69. The summed E-state index contributed by atoms with van der Waals surface area (Å²) in [5, 5.41) is 0. The van der Waals surface area contributed by atoms with Gasteiger partial charge in [-0.1, -0.05) is 54.9 Å².